The van der Waals surface area contributed by atoms with E-state index in [1.807, 2.05) is 0 Å². The van der Waals surface area contributed by atoms with Crippen LogP contribution in [0.25, 0.3) is 0 Å². The van der Waals surface area contributed by atoms with Gasteiger partial charge in [0.25, 0.3) is 0 Å². The Labute approximate surface area is 139 Å². The predicted octanol–water partition coefficient (Wildman–Crippen LogP) is 3.08. The van der Waals surface area contributed by atoms with Crippen LogP contribution in [-0.2, 0) is 11.2 Å². The molecular formula is C19H30N2O2. The fourth-order valence-corrected chi connectivity index (χ4v) is 3.40. The van der Waals surface area contributed by atoms with Gasteiger partial charge in [0, 0.05) is 18.6 Å². The highest BCUT2D eigenvalue weighted by atomic mass is 16.4. The minimum Gasteiger partial charge on any atom is -0.481 e. The zero-order valence-corrected chi connectivity index (χ0v) is 14.6. The van der Waals surface area contributed by atoms with Crippen molar-refractivity contribution in [1.29, 1.82) is 0 Å². The highest BCUT2D eigenvalue weighted by molar-refractivity contribution is 5.70. The van der Waals surface area contributed by atoms with Crippen LogP contribution in [0.5, 0.6) is 0 Å². The molecule has 1 aliphatic rings. The SMILES string of the molecule is CCc1ccc(C(CNC2CCC(C(=O)O)CC2)N(C)C)cc1. The number of benzene rings is 1. The molecule has 0 amide bonds. The Kier molecular flexibility index (Phi) is 6.60. The smallest absolute Gasteiger partial charge is 0.306 e. The van der Waals surface area contributed by atoms with Crippen molar-refractivity contribution in [2.45, 2.75) is 51.1 Å². The van der Waals surface area contributed by atoms with Crippen molar-refractivity contribution in [2.75, 3.05) is 20.6 Å². The Balaban J connectivity index is 1.89. The van der Waals surface area contributed by atoms with E-state index in [1.54, 1.807) is 0 Å². The summed E-state index contributed by atoms with van der Waals surface area (Å²) in [5.41, 5.74) is 2.70. The molecule has 0 aromatic heterocycles. The minimum atomic E-state index is -0.634. The number of aryl methyl sites for hydroxylation is 1. The number of likely N-dealkylation sites (N-methyl/N-ethyl adjacent to an activating group) is 1. The van der Waals surface area contributed by atoms with Crippen LogP contribution in [0.15, 0.2) is 24.3 Å². The largest absolute Gasteiger partial charge is 0.481 e. The topological polar surface area (TPSA) is 52.6 Å². The quantitative estimate of drug-likeness (QED) is 0.811. The maximum Gasteiger partial charge on any atom is 0.306 e. The molecule has 0 saturated heterocycles. The molecule has 2 N–H and O–H groups in total. The molecule has 0 heterocycles. The molecule has 2 rings (SSSR count). The van der Waals surface area contributed by atoms with Crippen LogP contribution in [0.1, 0.15) is 49.8 Å². The first-order valence-corrected chi connectivity index (χ1v) is 8.72. The highest BCUT2D eigenvalue weighted by Crippen LogP contribution is 2.25. The summed E-state index contributed by atoms with van der Waals surface area (Å²) in [6.45, 7) is 3.08. The first kappa shape index (κ1) is 18.0. The molecule has 0 aliphatic heterocycles. The lowest BCUT2D eigenvalue weighted by atomic mass is 9.86. The van der Waals surface area contributed by atoms with E-state index in [0.29, 0.717) is 12.1 Å². The van der Waals surface area contributed by atoms with E-state index >= 15 is 0 Å². The molecule has 4 nitrogen and oxygen atoms in total. The van der Waals surface area contributed by atoms with Crippen molar-refractivity contribution in [3.05, 3.63) is 35.4 Å². The Morgan fingerprint density at radius 3 is 2.30 bits per heavy atom. The number of carboxylic acids is 1. The summed E-state index contributed by atoms with van der Waals surface area (Å²) in [6, 6.07) is 9.67. The summed E-state index contributed by atoms with van der Waals surface area (Å²) in [5.74, 6) is -0.773. The molecule has 1 aromatic rings. The number of hydrogen-bond acceptors (Lipinski definition) is 3. The number of nitrogens with one attached hydrogen (secondary N) is 1. The third kappa shape index (κ3) is 5.05. The van der Waals surface area contributed by atoms with Gasteiger partial charge in [-0.2, -0.15) is 0 Å². The molecule has 1 unspecified atom stereocenters. The maximum absolute atomic E-state index is 11.0. The minimum absolute atomic E-state index is 0.140. The molecule has 1 aromatic carbocycles. The van der Waals surface area contributed by atoms with E-state index in [-0.39, 0.29) is 5.92 Å². The Morgan fingerprint density at radius 1 is 1.22 bits per heavy atom. The summed E-state index contributed by atoms with van der Waals surface area (Å²) < 4.78 is 0. The van der Waals surface area contributed by atoms with Gasteiger partial charge in [0.05, 0.1) is 5.92 Å². The second kappa shape index (κ2) is 8.46. The molecule has 1 saturated carbocycles. The number of hydrogen-bond donors (Lipinski definition) is 2. The van der Waals surface area contributed by atoms with E-state index in [2.05, 4.69) is 55.5 Å². The second-order valence-corrected chi connectivity index (χ2v) is 6.87. The first-order valence-electron chi connectivity index (χ1n) is 8.72. The number of aliphatic carboxylic acids is 1. The monoisotopic (exact) mass is 318 g/mol. The summed E-state index contributed by atoms with van der Waals surface area (Å²) in [4.78, 5) is 13.3. The van der Waals surface area contributed by atoms with E-state index in [9.17, 15) is 4.79 Å². The van der Waals surface area contributed by atoms with Crippen molar-refractivity contribution >= 4 is 5.97 Å². The van der Waals surface area contributed by atoms with Crippen molar-refractivity contribution in [2.24, 2.45) is 5.92 Å². The molecule has 1 fully saturated rings. The van der Waals surface area contributed by atoms with Crippen LogP contribution in [-0.4, -0.2) is 42.7 Å². The molecule has 1 aliphatic carbocycles. The predicted molar refractivity (Wildman–Crippen MR) is 93.6 cm³/mol. The lowest BCUT2D eigenvalue weighted by Gasteiger charge is -2.31. The van der Waals surface area contributed by atoms with Gasteiger partial charge in [-0.1, -0.05) is 31.2 Å². The van der Waals surface area contributed by atoms with Gasteiger partial charge in [-0.3, -0.25) is 4.79 Å². The van der Waals surface area contributed by atoms with Crippen LogP contribution in [0.4, 0.5) is 0 Å². The van der Waals surface area contributed by atoms with Gasteiger partial charge in [-0.25, -0.2) is 0 Å². The van der Waals surface area contributed by atoms with Crippen molar-refractivity contribution in [3.8, 4) is 0 Å². The number of rotatable bonds is 7. The lowest BCUT2D eigenvalue weighted by molar-refractivity contribution is -0.142. The maximum atomic E-state index is 11.0. The number of nitrogens with zero attached hydrogens (tertiary/aromatic N) is 1. The van der Waals surface area contributed by atoms with Crippen LogP contribution < -0.4 is 5.32 Å². The molecule has 0 spiro atoms. The first-order chi connectivity index (χ1) is 11.0. The van der Waals surface area contributed by atoms with Crippen LogP contribution in [0, 0.1) is 5.92 Å². The van der Waals surface area contributed by atoms with Gasteiger partial charge in [0.15, 0.2) is 0 Å². The Bertz CT molecular complexity index is 491. The summed E-state index contributed by atoms with van der Waals surface area (Å²) >= 11 is 0. The highest BCUT2D eigenvalue weighted by Gasteiger charge is 2.26. The van der Waals surface area contributed by atoms with Gasteiger partial charge >= 0.3 is 5.97 Å². The fraction of sp³-hybridized carbons (Fsp3) is 0.632. The number of carboxylic acid groups (broad SMARTS) is 1. The van der Waals surface area contributed by atoms with Gasteiger partial charge in [-0.05, 0) is 57.3 Å². The molecule has 0 radical (unpaired) electrons. The summed E-state index contributed by atoms with van der Waals surface area (Å²) in [7, 11) is 4.23. The Morgan fingerprint density at radius 2 is 1.83 bits per heavy atom. The number of carbonyl (C=O) groups is 1. The summed E-state index contributed by atoms with van der Waals surface area (Å²) in [5, 5.41) is 12.7. The van der Waals surface area contributed by atoms with E-state index < -0.39 is 5.97 Å². The standard InChI is InChI=1S/C19H30N2O2/c1-4-14-5-7-15(8-6-14)18(21(2)3)13-20-17-11-9-16(10-12-17)19(22)23/h5-8,16-18,20H,4,9-13H2,1-3H3,(H,22,23). The van der Waals surface area contributed by atoms with E-state index in [4.69, 9.17) is 5.11 Å². The lowest BCUT2D eigenvalue weighted by Crippen LogP contribution is -2.39. The second-order valence-electron chi connectivity index (χ2n) is 6.87. The average Bonchev–Trinajstić information content (AvgIpc) is 2.55. The third-order valence-electron chi connectivity index (χ3n) is 5.07. The van der Waals surface area contributed by atoms with Gasteiger partial charge in [-0.15, -0.1) is 0 Å². The van der Waals surface area contributed by atoms with E-state index in [1.165, 1.54) is 11.1 Å². The average molecular weight is 318 g/mol. The molecule has 128 valence electrons. The molecule has 23 heavy (non-hydrogen) atoms. The molecule has 4 heteroatoms. The van der Waals surface area contributed by atoms with Crippen LogP contribution in [0.2, 0.25) is 0 Å². The van der Waals surface area contributed by atoms with Crippen molar-refractivity contribution < 1.29 is 9.90 Å². The zero-order valence-electron chi connectivity index (χ0n) is 14.6. The van der Waals surface area contributed by atoms with Crippen LogP contribution >= 0.6 is 0 Å². The van der Waals surface area contributed by atoms with E-state index in [0.717, 1.165) is 38.6 Å². The molecular weight excluding hydrogens is 288 g/mol. The van der Waals surface area contributed by atoms with Crippen molar-refractivity contribution in [3.63, 3.8) is 0 Å². The normalized spacial score (nSPS) is 23.0. The van der Waals surface area contributed by atoms with Gasteiger partial charge < -0.3 is 15.3 Å². The fourth-order valence-electron chi connectivity index (χ4n) is 3.40. The van der Waals surface area contributed by atoms with Crippen molar-refractivity contribution in [1.82, 2.24) is 10.2 Å². The zero-order chi connectivity index (χ0) is 16.8. The summed E-state index contributed by atoms with van der Waals surface area (Å²) in [6.07, 6.45) is 4.59. The molecule has 0 bridgehead atoms. The molecule has 1 atom stereocenters. The Hall–Kier alpha value is -1.39. The van der Waals surface area contributed by atoms with Gasteiger partial charge in [0.2, 0.25) is 0 Å². The van der Waals surface area contributed by atoms with Gasteiger partial charge in [0.1, 0.15) is 0 Å². The van der Waals surface area contributed by atoms with Crippen LogP contribution in [0.3, 0.4) is 0 Å². The third-order valence-corrected chi connectivity index (χ3v) is 5.07.